The van der Waals surface area contributed by atoms with Crippen LogP contribution in [-0.2, 0) is 0 Å². The zero-order chi connectivity index (χ0) is 14.8. The van der Waals surface area contributed by atoms with Crippen LogP contribution in [0.3, 0.4) is 0 Å². The van der Waals surface area contributed by atoms with Gasteiger partial charge in [0.2, 0.25) is 0 Å². The van der Waals surface area contributed by atoms with E-state index in [2.05, 4.69) is 9.97 Å². The molecule has 0 fully saturated rings. The van der Waals surface area contributed by atoms with E-state index in [1.165, 1.54) is 6.07 Å². The molecular formula is C14H12N2O5. The number of nitrogens with zero attached hydrogens (tertiary/aromatic N) is 1. The molecule has 108 valence electrons. The molecule has 0 atom stereocenters. The van der Waals surface area contributed by atoms with Crippen LogP contribution in [0.25, 0.3) is 11.3 Å². The molecule has 2 aromatic rings. The summed E-state index contributed by atoms with van der Waals surface area (Å²) in [5.41, 5.74) is -0.0613. The SMILES string of the molecule is O=C(O)c1cc(-c2ccc3c(c2)OCCCO3)nc(=O)[nH]1. The third kappa shape index (κ3) is 2.71. The van der Waals surface area contributed by atoms with Crippen LogP contribution in [0.4, 0.5) is 0 Å². The number of carboxylic acids is 1. The normalized spacial score (nSPS) is 13.5. The van der Waals surface area contributed by atoms with E-state index < -0.39 is 11.7 Å². The average molecular weight is 288 g/mol. The number of ether oxygens (including phenoxy) is 2. The number of hydrogen-bond donors (Lipinski definition) is 2. The fraction of sp³-hybridized carbons (Fsp3) is 0.214. The quantitative estimate of drug-likeness (QED) is 0.863. The third-order valence-electron chi connectivity index (χ3n) is 3.02. The van der Waals surface area contributed by atoms with Crippen molar-refractivity contribution < 1.29 is 19.4 Å². The van der Waals surface area contributed by atoms with Crippen molar-refractivity contribution in [2.24, 2.45) is 0 Å². The van der Waals surface area contributed by atoms with Crippen LogP contribution in [0.5, 0.6) is 11.5 Å². The highest BCUT2D eigenvalue weighted by molar-refractivity contribution is 5.86. The Hall–Kier alpha value is -2.83. The van der Waals surface area contributed by atoms with Gasteiger partial charge < -0.3 is 14.6 Å². The molecule has 2 N–H and O–H groups in total. The fourth-order valence-corrected chi connectivity index (χ4v) is 2.04. The molecule has 0 unspecified atom stereocenters. The summed E-state index contributed by atoms with van der Waals surface area (Å²) in [6, 6.07) is 6.43. The first-order valence-electron chi connectivity index (χ1n) is 6.38. The Morgan fingerprint density at radius 1 is 1.19 bits per heavy atom. The highest BCUT2D eigenvalue weighted by Crippen LogP contribution is 2.33. The molecule has 0 bridgehead atoms. The molecule has 1 aliphatic rings. The van der Waals surface area contributed by atoms with Gasteiger partial charge in [0.15, 0.2) is 11.5 Å². The Labute approximate surface area is 119 Å². The molecule has 0 saturated carbocycles. The minimum atomic E-state index is -1.22. The van der Waals surface area contributed by atoms with Crippen LogP contribution in [0.2, 0.25) is 0 Å². The second-order valence-electron chi connectivity index (χ2n) is 4.50. The number of fused-ring (bicyclic) bond motifs is 1. The van der Waals surface area contributed by atoms with Gasteiger partial charge in [-0.2, -0.15) is 4.98 Å². The van der Waals surface area contributed by atoms with Crippen molar-refractivity contribution in [3.63, 3.8) is 0 Å². The number of rotatable bonds is 2. The predicted molar refractivity (Wildman–Crippen MR) is 72.9 cm³/mol. The van der Waals surface area contributed by atoms with E-state index in [0.29, 0.717) is 30.3 Å². The number of carboxylic acid groups (broad SMARTS) is 1. The Morgan fingerprint density at radius 2 is 1.95 bits per heavy atom. The minimum Gasteiger partial charge on any atom is -0.490 e. The van der Waals surface area contributed by atoms with Crippen molar-refractivity contribution in [1.82, 2.24) is 9.97 Å². The summed E-state index contributed by atoms with van der Waals surface area (Å²) in [7, 11) is 0. The van der Waals surface area contributed by atoms with Crippen LogP contribution < -0.4 is 15.2 Å². The van der Waals surface area contributed by atoms with Crippen LogP contribution in [0.1, 0.15) is 16.9 Å². The zero-order valence-corrected chi connectivity index (χ0v) is 11.0. The summed E-state index contributed by atoms with van der Waals surface area (Å²) in [6.45, 7) is 1.12. The maximum atomic E-state index is 11.4. The molecule has 2 heterocycles. The molecule has 3 rings (SSSR count). The maximum Gasteiger partial charge on any atom is 0.352 e. The van der Waals surface area contributed by atoms with Crippen molar-refractivity contribution in [1.29, 1.82) is 0 Å². The number of hydrogen-bond acceptors (Lipinski definition) is 5. The highest BCUT2D eigenvalue weighted by Gasteiger charge is 2.14. The number of benzene rings is 1. The summed E-state index contributed by atoms with van der Waals surface area (Å²) in [6.07, 6.45) is 0.788. The van der Waals surface area contributed by atoms with E-state index in [1.807, 2.05) is 0 Å². The van der Waals surface area contributed by atoms with E-state index in [9.17, 15) is 9.59 Å². The van der Waals surface area contributed by atoms with Gasteiger partial charge in [-0.3, -0.25) is 4.98 Å². The second kappa shape index (κ2) is 5.28. The van der Waals surface area contributed by atoms with Gasteiger partial charge in [-0.1, -0.05) is 0 Å². The van der Waals surface area contributed by atoms with E-state index in [4.69, 9.17) is 14.6 Å². The highest BCUT2D eigenvalue weighted by atomic mass is 16.5. The Balaban J connectivity index is 2.06. The minimum absolute atomic E-state index is 0.211. The van der Waals surface area contributed by atoms with E-state index in [1.54, 1.807) is 18.2 Å². The summed E-state index contributed by atoms with van der Waals surface area (Å²) >= 11 is 0. The van der Waals surface area contributed by atoms with Gasteiger partial charge in [0.25, 0.3) is 0 Å². The number of aromatic nitrogens is 2. The molecule has 0 aliphatic carbocycles. The molecule has 0 amide bonds. The lowest BCUT2D eigenvalue weighted by atomic mass is 10.1. The Bertz CT molecular complexity index is 753. The summed E-state index contributed by atoms with van der Waals surface area (Å²) in [4.78, 5) is 28.4. The van der Waals surface area contributed by atoms with Gasteiger partial charge in [0, 0.05) is 12.0 Å². The van der Waals surface area contributed by atoms with Gasteiger partial charge in [0.1, 0.15) is 5.69 Å². The molecule has 0 saturated heterocycles. The van der Waals surface area contributed by atoms with E-state index >= 15 is 0 Å². The molecule has 1 aliphatic heterocycles. The van der Waals surface area contributed by atoms with Crippen molar-refractivity contribution in [2.45, 2.75) is 6.42 Å². The van der Waals surface area contributed by atoms with Crippen LogP contribution in [-0.4, -0.2) is 34.3 Å². The summed E-state index contributed by atoms with van der Waals surface area (Å²) < 4.78 is 11.1. The van der Waals surface area contributed by atoms with E-state index in [0.717, 1.165) is 6.42 Å². The van der Waals surface area contributed by atoms with Gasteiger partial charge >= 0.3 is 11.7 Å². The first kappa shape index (κ1) is 13.2. The molecule has 0 radical (unpaired) electrons. The number of nitrogens with one attached hydrogen (secondary N) is 1. The Morgan fingerprint density at radius 3 is 2.71 bits per heavy atom. The monoisotopic (exact) mass is 288 g/mol. The molecular weight excluding hydrogens is 276 g/mol. The first-order valence-corrected chi connectivity index (χ1v) is 6.38. The van der Waals surface area contributed by atoms with Crippen LogP contribution in [0.15, 0.2) is 29.1 Å². The van der Waals surface area contributed by atoms with E-state index in [-0.39, 0.29) is 11.4 Å². The molecule has 1 aromatic carbocycles. The summed E-state index contributed by atoms with van der Waals surface area (Å²) in [5.74, 6) is -0.0337. The van der Waals surface area contributed by atoms with Crippen molar-refractivity contribution in [3.8, 4) is 22.8 Å². The average Bonchev–Trinajstić information content (AvgIpc) is 2.70. The molecule has 1 aromatic heterocycles. The molecule has 21 heavy (non-hydrogen) atoms. The smallest absolute Gasteiger partial charge is 0.352 e. The van der Waals surface area contributed by atoms with Gasteiger partial charge in [-0.25, -0.2) is 9.59 Å². The molecule has 0 spiro atoms. The fourth-order valence-electron chi connectivity index (χ4n) is 2.04. The largest absolute Gasteiger partial charge is 0.490 e. The summed E-state index contributed by atoms with van der Waals surface area (Å²) in [5, 5.41) is 8.97. The number of aromatic carboxylic acids is 1. The molecule has 7 nitrogen and oxygen atoms in total. The van der Waals surface area contributed by atoms with Gasteiger partial charge in [0.05, 0.1) is 18.9 Å². The maximum absolute atomic E-state index is 11.4. The van der Waals surface area contributed by atoms with Crippen molar-refractivity contribution in [3.05, 3.63) is 40.4 Å². The number of aromatic amines is 1. The third-order valence-corrected chi connectivity index (χ3v) is 3.02. The van der Waals surface area contributed by atoms with Crippen LogP contribution >= 0.6 is 0 Å². The Kier molecular flexibility index (Phi) is 3.31. The standard InChI is InChI=1S/C14H12N2O5/c17-13(18)10-7-9(15-14(19)16-10)8-2-3-11-12(6-8)21-5-1-4-20-11/h2-3,6-7H,1,4-5H2,(H,17,18)(H,15,16,19). The van der Waals surface area contributed by atoms with Crippen molar-refractivity contribution in [2.75, 3.05) is 13.2 Å². The topological polar surface area (TPSA) is 102 Å². The molecule has 7 heteroatoms. The lowest BCUT2D eigenvalue weighted by Crippen LogP contribution is -2.16. The predicted octanol–water partition coefficient (Wildman–Crippen LogP) is 1.30. The lowest BCUT2D eigenvalue weighted by Gasteiger charge is -2.09. The van der Waals surface area contributed by atoms with Crippen LogP contribution in [0, 0.1) is 0 Å². The lowest BCUT2D eigenvalue weighted by molar-refractivity contribution is 0.0690. The second-order valence-corrected chi connectivity index (χ2v) is 4.50. The number of H-pyrrole nitrogens is 1. The van der Waals surface area contributed by atoms with Crippen molar-refractivity contribution >= 4 is 5.97 Å². The van der Waals surface area contributed by atoms with Gasteiger partial charge in [-0.05, 0) is 24.3 Å². The number of carbonyl (C=O) groups is 1. The first-order chi connectivity index (χ1) is 10.1. The zero-order valence-electron chi connectivity index (χ0n) is 11.0. The van der Waals surface area contributed by atoms with Gasteiger partial charge in [-0.15, -0.1) is 0 Å².